The van der Waals surface area contributed by atoms with Crippen LogP contribution in [0.15, 0.2) is 4.99 Å². The van der Waals surface area contributed by atoms with E-state index < -0.39 is 0 Å². The van der Waals surface area contributed by atoms with Crippen molar-refractivity contribution in [1.82, 2.24) is 9.80 Å². The minimum atomic E-state index is 0.0945. The molecule has 0 aliphatic carbocycles. The first-order valence-corrected chi connectivity index (χ1v) is 5.66. The Morgan fingerprint density at radius 3 is 2.56 bits per heavy atom. The lowest BCUT2D eigenvalue weighted by Crippen LogP contribution is -2.51. The molecule has 1 rings (SSSR count). The van der Waals surface area contributed by atoms with Crippen molar-refractivity contribution in [3.8, 4) is 0 Å². The number of hydrogen-bond acceptors (Lipinski definition) is 4. The van der Waals surface area contributed by atoms with E-state index in [1.807, 2.05) is 0 Å². The largest absolute Gasteiger partial charge is 0.394 e. The van der Waals surface area contributed by atoms with E-state index in [1.165, 1.54) is 0 Å². The van der Waals surface area contributed by atoms with Crippen LogP contribution < -0.4 is 5.73 Å². The molecule has 0 amide bonds. The average molecular weight is 230 g/mol. The van der Waals surface area contributed by atoms with E-state index >= 15 is 0 Å². The molecule has 0 bridgehead atoms. The normalized spacial score (nSPS) is 19.1. The fraction of sp³-hybridized carbons (Fsp3) is 0.900. The van der Waals surface area contributed by atoms with Crippen molar-refractivity contribution >= 4 is 5.96 Å². The van der Waals surface area contributed by atoms with Crippen molar-refractivity contribution in [2.24, 2.45) is 10.7 Å². The van der Waals surface area contributed by atoms with Gasteiger partial charge in [0.1, 0.15) is 0 Å². The standard InChI is InChI=1S/C10H22N4O2/c1-12-10(11)14-4-2-13(3-5-14)6-8-16-9-7-15/h15H,2-9H2,1H3,(H2,11,12). The lowest BCUT2D eigenvalue weighted by molar-refractivity contribution is 0.0651. The Labute approximate surface area is 96.7 Å². The Balaban J connectivity index is 2.12. The highest BCUT2D eigenvalue weighted by molar-refractivity contribution is 5.77. The van der Waals surface area contributed by atoms with Gasteiger partial charge in [0.05, 0.1) is 19.8 Å². The minimum absolute atomic E-state index is 0.0945. The number of aliphatic hydroxyl groups excluding tert-OH is 1. The Morgan fingerprint density at radius 1 is 1.31 bits per heavy atom. The molecular formula is C10H22N4O2. The van der Waals surface area contributed by atoms with Crippen molar-refractivity contribution in [3.05, 3.63) is 0 Å². The van der Waals surface area contributed by atoms with Crippen molar-refractivity contribution in [3.63, 3.8) is 0 Å². The van der Waals surface area contributed by atoms with Crippen molar-refractivity contribution in [1.29, 1.82) is 0 Å². The van der Waals surface area contributed by atoms with Gasteiger partial charge in [-0.2, -0.15) is 0 Å². The quantitative estimate of drug-likeness (QED) is 0.344. The first-order chi connectivity index (χ1) is 7.77. The summed E-state index contributed by atoms with van der Waals surface area (Å²) >= 11 is 0. The average Bonchev–Trinajstić information content (AvgIpc) is 2.34. The summed E-state index contributed by atoms with van der Waals surface area (Å²) in [5.41, 5.74) is 5.74. The third-order valence-electron chi connectivity index (χ3n) is 2.71. The Kier molecular flexibility index (Phi) is 6.14. The zero-order chi connectivity index (χ0) is 11.8. The lowest BCUT2D eigenvalue weighted by Gasteiger charge is -2.35. The van der Waals surface area contributed by atoms with Gasteiger partial charge in [0.15, 0.2) is 5.96 Å². The summed E-state index contributed by atoms with van der Waals surface area (Å²) in [6, 6.07) is 0. The van der Waals surface area contributed by atoms with Crippen LogP contribution in [0.3, 0.4) is 0 Å². The molecule has 3 N–H and O–H groups in total. The molecule has 6 heteroatoms. The summed E-state index contributed by atoms with van der Waals surface area (Å²) in [5, 5.41) is 8.55. The molecule has 1 saturated heterocycles. The third kappa shape index (κ3) is 4.34. The lowest BCUT2D eigenvalue weighted by atomic mass is 10.3. The second-order valence-corrected chi connectivity index (χ2v) is 3.75. The van der Waals surface area contributed by atoms with Crippen LogP contribution in [0.5, 0.6) is 0 Å². The number of ether oxygens (including phenoxy) is 1. The smallest absolute Gasteiger partial charge is 0.191 e. The SMILES string of the molecule is CN=C(N)N1CCN(CCOCCO)CC1. The van der Waals surface area contributed by atoms with Crippen molar-refractivity contribution in [2.45, 2.75) is 0 Å². The van der Waals surface area contributed by atoms with Gasteiger partial charge in [0, 0.05) is 39.8 Å². The molecule has 1 aliphatic heterocycles. The third-order valence-corrected chi connectivity index (χ3v) is 2.71. The van der Waals surface area contributed by atoms with E-state index in [0.717, 1.165) is 32.7 Å². The van der Waals surface area contributed by atoms with Crippen LogP contribution in [0, 0.1) is 0 Å². The number of aliphatic hydroxyl groups is 1. The molecular weight excluding hydrogens is 208 g/mol. The zero-order valence-corrected chi connectivity index (χ0v) is 9.93. The molecule has 0 aromatic rings. The molecule has 0 unspecified atom stereocenters. The number of nitrogens with zero attached hydrogens (tertiary/aromatic N) is 3. The summed E-state index contributed by atoms with van der Waals surface area (Å²) in [7, 11) is 1.71. The predicted molar refractivity (Wildman–Crippen MR) is 63.5 cm³/mol. The second-order valence-electron chi connectivity index (χ2n) is 3.75. The van der Waals surface area contributed by atoms with Gasteiger partial charge in [-0.15, -0.1) is 0 Å². The number of aliphatic imine (C=N–C) groups is 1. The van der Waals surface area contributed by atoms with Crippen LogP contribution in [-0.2, 0) is 4.74 Å². The molecule has 16 heavy (non-hydrogen) atoms. The zero-order valence-electron chi connectivity index (χ0n) is 9.93. The first kappa shape index (κ1) is 13.2. The fourth-order valence-corrected chi connectivity index (χ4v) is 1.70. The van der Waals surface area contributed by atoms with Gasteiger partial charge in [0.25, 0.3) is 0 Å². The van der Waals surface area contributed by atoms with Crippen LogP contribution in [0.2, 0.25) is 0 Å². The monoisotopic (exact) mass is 230 g/mol. The van der Waals surface area contributed by atoms with Gasteiger partial charge in [0.2, 0.25) is 0 Å². The molecule has 1 fully saturated rings. The van der Waals surface area contributed by atoms with Crippen LogP contribution in [-0.4, -0.2) is 80.5 Å². The maximum atomic E-state index is 8.55. The van der Waals surface area contributed by atoms with Crippen LogP contribution in [0.25, 0.3) is 0 Å². The molecule has 0 atom stereocenters. The molecule has 0 aromatic carbocycles. The topological polar surface area (TPSA) is 74.3 Å². The number of nitrogens with two attached hydrogens (primary N) is 1. The molecule has 1 aliphatic rings. The van der Waals surface area contributed by atoms with Gasteiger partial charge >= 0.3 is 0 Å². The van der Waals surface area contributed by atoms with Crippen LogP contribution >= 0.6 is 0 Å². The number of rotatable bonds is 5. The minimum Gasteiger partial charge on any atom is -0.394 e. The summed E-state index contributed by atoms with van der Waals surface area (Å²) in [5.74, 6) is 0.621. The van der Waals surface area contributed by atoms with E-state index in [9.17, 15) is 0 Å². The fourth-order valence-electron chi connectivity index (χ4n) is 1.70. The highest BCUT2D eigenvalue weighted by Gasteiger charge is 2.17. The van der Waals surface area contributed by atoms with Crippen LogP contribution in [0.1, 0.15) is 0 Å². The molecule has 1 heterocycles. The number of hydrogen-bond donors (Lipinski definition) is 2. The maximum Gasteiger partial charge on any atom is 0.191 e. The summed E-state index contributed by atoms with van der Waals surface area (Å²) < 4.78 is 5.23. The second kappa shape index (κ2) is 7.43. The van der Waals surface area contributed by atoms with E-state index in [-0.39, 0.29) is 6.61 Å². The number of piperazine rings is 1. The molecule has 94 valence electrons. The predicted octanol–water partition coefficient (Wildman–Crippen LogP) is -1.44. The molecule has 0 radical (unpaired) electrons. The van der Waals surface area contributed by atoms with E-state index in [1.54, 1.807) is 7.05 Å². The van der Waals surface area contributed by atoms with Gasteiger partial charge in [-0.1, -0.05) is 0 Å². The summed E-state index contributed by atoms with van der Waals surface area (Å²) in [6.07, 6.45) is 0. The molecule has 0 aromatic heterocycles. The Morgan fingerprint density at radius 2 is 2.00 bits per heavy atom. The highest BCUT2D eigenvalue weighted by Crippen LogP contribution is 2.00. The highest BCUT2D eigenvalue weighted by atomic mass is 16.5. The Bertz CT molecular complexity index is 215. The van der Waals surface area contributed by atoms with Gasteiger partial charge in [-0.3, -0.25) is 9.89 Å². The number of guanidine groups is 1. The van der Waals surface area contributed by atoms with Crippen molar-refractivity contribution in [2.75, 3.05) is 59.6 Å². The molecule has 0 spiro atoms. The van der Waals surface area contributed by atoms with Gasteiger partial charge in [-0.25, -0.2) is 0 Å². The first-order valence-electron chi connectivity index (χ1n) is 5.66. The molecule has 6 nitrogen and oxygen atoms in total. The van der Waals surface area contributed by atoms with Gasteiger partial charge in [-0.05, 0) is 0 Å². The summed E-state index contributed by atoms with van der Waals surface area (Å²) in [4.78, 5) is 8.39. The maximum absolute atomic E-state index is 8.55. The van der Waals surface area contributed by atoms with E-state index in [0.29, 0.717) is 19.2 Å². The van der Waals surface area contributed by atoms with E-state index in [4.69, 9.17) is 15.6 Å². The Hall–Kier alpha value is -0.850. The van der Waals surface area contributed by atoms with Crippen molar-refractivity contribution < 1.29 is 9.84 Å². The van der Waals surface area contributed by atoms with Crippen LogP contribution in [0.4, 0.5) is 0 Å². The molecule has 0 saturated carbocycles. The van der Waals surface area contributed by atoms with E-state index in [2.05, 4.69) is 14.8 Å². The summed E-state index contributed by atoms with van der Waals surface area (Å²) in [6.45, 7) is 5.92. The van der Waals surface area contributed by atoms with Gasteiger partial charge < -0.3 is 20.5 Å².